The Labute approximate surface area is 224 Å². The second kappa shape index (κ2) is 10.5. The molecular formula is C31H26N4O2S. The summed E-state index contributed by atoms with van der Waals surface area (Å²) in [5.41, 5.74) is 5.53. The molecule has 0 aliphatic heterocycles. The van der Waals surface area contributed by atoms with E-state index in [1.165, 1.54) is 4.88 Å². The van der Waals surface area contributed by atoms with Gasteiger partial charge in [0.2, 0.25) is 0 Å². The molecule has 0 bridgehead atoms. The molecule has 2 aromatic carbocycles. The van der Waals surface area contributed by atoms with E-state index in [2.05, 4.69) is 34.3 Å². The lowest BCUT2D eigenvalue weighted by molar-refractivity contribution is 0.0948. The number of nitriles is 1. The van der Waals surface area contributed by atoms with Gasteiger partial charge >= 0.3 is 0 Å². The Kier molecular flexibility index (Phi) is 6.63. The molecule has 1 aliphatic carbocycles. The van der Waals surface area contributed by atoms with Gasteiger partial charge in [0.25, 0.3) is 5.91 Å². The maximum absolute atomic E-state index is 13.3. The third kappa shape index (κ3) is 4.67. The van der Waals surface area contributed by atoms with Crippen LogP contribution in [0.2, 0.25) is 0 Å². The fourth-order valence-electron chi connectivity index (χ4n) is 5.13. The van der Waals surface area contributed by atoms with E-state index in [1.807, 2.05) is 54.7 Å². The highest BCUT2D eigenvalue weighted by atomic mass is 32.1. The van der Waals surface area contributed by atoms with Crippen LogP contribution >= 0.6 is 11.3 Å². The lowest BCUT2D eigenvalue weighted by atomic mass is 9.95. The number of para-hydroxylation sites is 1. The Bertz CT molecular complexity index is 1680. The van der Waals surface area contributed by atoms with E-state index in [-0.39, 0.29) is 5.91 Å². The van der Waals surface area contributed by atoms with Crippen LogP contribution in [0.3, 0.4) is 0 Å². The molecule has 7 heteroatoms. The summed E-state index contributed by atoms with van der Waals surface area (Å²) in [4.78, 5) is 19.5. The van der Waals surface area contributed by atoms with Gasteiger partial charge in [0.05, 0.1) is 30.0 Å². The van der Waals surface area contributed by atoms with Crippen molar-refractivity contribution in [2.24, 2.45) is 4.99 Å². The number of aryl methyl sites for hydroxylation is 1. The fraction of sp³-hybridized carbons (Fsp3) is 0.194. The van der Waals surface area contributed by atoms with Crippen molar-refractivity contribution < 1.29 is 9.21 Å². The van der Waals surface area contributed by atoms with Crippen LogP contribution in [-0.4, -0.2) is 16.7 Å². The summed E-state index contributed by atoms with van der Waals surface area (Å²) in [5.74, 6) is 0.613. The third-order valence-corrected chi connectivity index (χ3v) is 8.20. The van der Waals surface area contributed by atoms with Crippen molar-refractivity contribution in [1.82, 2.24) is 9.88 Å². The van der Waals surface area contributed by atoms with Crippen LogP contribution in [0.4, 0.5) is 5.00 Å². The number of nitrogens with one attached hydrogen (secondary N) is 1. The lowest BCUT2D eigenvalue weighted by Gasteiger charge is -2.12. The largest absolute Gasteiger partial charge is 0.467 e. The average Bonchev–Trinajstić information content (AvgIpc) is 3.69. The number of carbonyl (C=O) groups is 1. The van der Waals surface area contributed by atoms with Gasteiger partial charge in [0, 0.05) is 40.3 Å². The van der Waals surface area contributed by atoms with Crippen LogP contribution in [0.5, 0.6) is 0 Å². The van der Waals surface area contributed by atoms with Gasteiger partial charge in [-0.3, -0.25) is 4.79 Å². The molecule has 0 spiro atoms. The molecule has 0 unspecified atom stereocenters. The summed E-state index contributed by atoms with van der Waals surface area (Å²) in [7, 11) is 0. The molecule has 6 nitrogen and oxygen atoms in total. The van der Waals surface area contributed by atoms with Crippen LogP contribution in [-0.2, 0) is 25.9 Å². The highest BCUT2D eigenvalue weighted by Crippen LogP contribution is 2.40. The van der Waals surface area contributed by atoms with Gasteiger partial charge in [0.15, 0.2) is 0 Å². The number of hydrogen-bond donors (Lipinski definition) is 1. The van der Waals surface area contributed by atoms with Crippen molar-refractivity contribution in [3.8, 4) is 6.07 Å². The summed E-state index contributed by atoms with van der Waals surface area (Å²) < 4.78 is 7.54. The zero-order chi connectivity index (χ0) is 25.9. The van der Waals surface area contributed by atoms with E-state index in [1.54, 1.807) is 17.6 Å². The summed E-state index contributed by atoms with van der Waals surface area (Å²) in [6.45, 7) is 0.934. The minimum absolute atomic E-state index is 0.108. The molecule has 1 N–H and O–H groups in total. The number of hydrogen-bond acceptors (Lipinski definition) is 5. The Morgan fingerprint density at radius 2 is 1.95 bits per heavy atom. The number of aromatic nitrogens is 1. The minimum atomic E-state index is -0.108. The Morgan fingerprint density at radius 3 is 2.82 bits per heavy atom. The van der Waals surface area contributed by atoms with Crippen molar-refractivity contribution in [2.45, 2.75) is 38.8 Å². The maximum atomic E-state index is 13.3. The average molecular weight is 519 g/mol. The normalized spacial score (nSPS) is 13.0. The molecule has 0 atom stereocenters. The highest BCUT2D eigenvalue weighted by molar-refractivity contribution is 7.16. The van der Waals surface area contributed by atoms with Crippen molar-refractivity contribution in [3.63, 3.8) is 0 Å². The van der Waals surface area contributed by atoms with Crippen LogP contribution < -0.4 is 5.32 Å². The smallest absolute Gasteiger partial charge is 0.255 e. The van der Waals surface area contributed by atoms with Gasteiger partial charge in [-0.15, -0.1) is 11.3 Å². The van der Waals surface area contributed by atoms with E-state index >= 15 is 0 Å². The molecule has 0 radical (unpaired) electrons. The number of fused-ring (bicyclic) bond motifs is 2. The topological polar surface area (TPSA) is 83.3 Å². The number of rotatable bonds is 7. The number of furan rings is 1. The molecule has 0 fully saturated rings. The van der Waals surface area contributed by atoms with Gasteiger partial charge in [-0.1, -0.05) is 36.4 Å². The molecule has 5 aromatic rings. The predicted molar refractivity (Wildman–Crippen MR) is 150 cm³/mol. The number of amides is 1. The molecule has 6 rings (SSSR count). The predicted octanol–water partition coefficient (Wildman–Crippen LogP) is 6.78. The Hall–Kier alpha value is -4.41. The summed E-state index contributed by atoms with van der Waals surface area (Å²) in [6, 6.07) is 21.9. The van der Waals surface area contributed by atoms with E-state index in [0.29, 0.717) is 24.2 Å². The van der Waals surface area contributed by atoms with E-state index in [0.717, 1.165) is 64.0 Å². The standard InChI is InChI=1S/C31H26N4O2S/c32-16-21-8-1-2-9-22(21)19-35-20-23(25-11-3-5-13-27(25)35)17-34-31-29(26-12-4-6-14-28(26)38-31)30(36)33-18-24-10-7-15-37-24/h1-3,5,7-11,13,15,17,20H,4,6,12,14,18-19H2,(H,33,36). The highest BCUT2D eigenvalue weighted by Gasteiger charge is 2.25. The number of carbonyl (C=O) groups excluding carboxylic acids is 1. The first-order chi connectivity index (χ1) is 18.7. The van der Waals surface area contributed by atoms with Crippen LogP contribution in [0, 0.1) is 11.3 Å². The molecule has 188 valence electrons. The SMILES string of the molecule is N#Cc1ccccc1Cn1cc(C=Nc2sc3c(c2C(=O)NCc2ccco2)CCCC3)c2ccccc21. The first-order valence-electron chi connectivity index (χ1n) is 12.8. The molecule has 38 heavy (non-hydrogen) atoms. The molecule has 1 amide bonds. The van der Waals surface area contributed by atoms with Crippen LogP contribution in [0.15, 0.2) is 82.5 Å². The van der Waals surface area contributed by atoms with Gasteiger partial charge in [-0.05, 0) is 61.1 Å². The van der Waals surface area contributed by atoms with Crippen molar-refractivity contribution in [2.75, 3.05) is 0 Å². The van der Waals surface area contributed by atoms with Crippen LogP contribution in [0.25, 0.3) is 10.9 Å². The quantitative estimate of drug-likeness (QED) is 0.241. The van der Waals surface area contributed by atoms with Crippen molar-refractivity contribution in [3.05, 3.63) is 112 Å². The summed E-state index contributed by atoms with van der Waals surface area (Å²) in [5, 5.41) is 14.4. The number of aliphatic imine (C=N–C) groups is 1. The van der Waals surface area contributed by atoms with E-state index < -0.39 is 0 Å². The summed E-state index contributed by atoms with van der Waals surface area (Å²) in [6.07, 6.45) is 9.68. The summed E-state index contributed by atoms with van der Waals surface area (Å²) >= 11 is 1.63. The van der Waals surface area contributed by atoms with Crippen molar-refractivity contribution in [1.29, 1.82) is 5.26 Å². The van der Waals surface area contributed by atoms with E-state index in [4.69, 9.17) is 9.41 Å². The number of nitrogens with zero attached hydrogens (tertiary/aromatic N) is 3. The Balaban J connectivity index is 1.34. The van der Waals surface area contributed by atoms with Crippen LogP contribution in [0.1, 0.15) is 56.1 Å². The first kappa shape index (κ1) is 24.0. The maximum Gasteiger partial charge on any atom is 0.255 e. The fourth-order valence-corrected chi connectivity index (χ4v) is 6.36. The lowest BCUT2D eigenvalue weighted by Crippen LogP contribution is -2.23. The first-order valence-corrected chi connectivity index (χ1v) is 13.6. The third-order valence-electron chi connectivity index (χ3n) is 7.00. The van der Waals surface area contributed by atoms with Gasteiger partial charge in [-0.2, -0.15) is 5.26 Å². The molecule has 0 saturated heterocycles. The molecule has 0 saturated carbocycles. The van der Waals surface area contributed by atoms with Gasteiger partial charge in [-0.25, -0.2) is 4.99 Å². The Morgan fingerprint density at radius 1 is 1.11 bits per heavy atom. The van der Waals surface area contributed by atoms with Gasteiger partial charge < -0.3 is 14.3 Å². The number of thiophene rings is 1. The second-order valence-electron chi connectivity index (χ2n) is 9.41. The molecular weight excluding hydrogens is 492 g/mol. The van der Waals surface area contributed by atoms with Gasteiger partial charge in [0.1, 0.15) is 10.8 Å². The second-order valence-corrected chi connectivity index (χ2v) is 10.5. The van der Waals surface area contributed by atoms with E-state index in [9.17, 15) is 10.1 Å². The molecule has 3 aromatic heterocycles. The molecule has 1 aliphatic rings. The zero-order valence-electron chi connectivity index (χ0n) is 20.8. The van der Waals surface area contributed by atoms with Crippen molar-refractivity contribution >= 4 is 39.4 Å². The molecule has 3 heterocycles. The minimum Gasteiger partial charge on any atom is -0.467 e. The zero-order valence-corrected chi connectivity index (χ0v) is 21.6. The number of benzene rings is 2. The monoisotopic (exact) mass is 518 g/mol.